The Balaban J connectivity index is 2.56. The molecule has 0 aliphatic heterocycles. The Labute approximate surface area is 121 Å². The van der Waals surface area contributed by atoms with E-state index in [4.69, 9.17) is 9.47 Å². The maximum atomic E-state index is 5.21. The van der Waals surface area contributed by atoms with Gasteiger partial charge >= 0.3 is 0 Å². The molecule has 0 radical (unpaired) electrons. The monoisotopic (exact) mass is 279 g/mol. The van der Waals surface area contributed by atoms with Crippen LogP contribution >= 0.6 is 0 Å². The summed E-state index contributed by atoms with van der Waals surface area (Å²) in [6.45, 7) is 4.01. The van der Waals surface area contributed by atoms with Gasteiger partial charge in [-0.25, -0.2) is 0 Å². The van der Waals surface area contributed by atoms with Crippen molar-refractivity contribution < 1.29 is 9.47 Å². The largest absolute Gasteiger partial charge is 0.383 e. The van der Waals surface area contributed by atoms with Gasteiger partial charge in [-0.1, -0.05) is 24.3 Å². The molecule has 20 heavy (non-hydrogen) atoms. The maximum absolute atomic E-state index is 5.21. The second-order valence-corrected chi connectivity index (χ2v) is 4.63. The summed E-state index contributed by atoms with van der Waals surface area (Å²) in [4.78, 5) is 4.21. The Morgan fingerprint density at radius 2 is 1.90 bits per heavy atom. The smallest absolute Gasteiger partial charge is 0.191 e. The van der Waals surface area contributed by atoms with Crippen molar-refractivity contribution in [2.45, 2.75) is 26.1 Å². The maximum Gasteiger partial charge on any atom is 0.191 e. The molecule has 1 rings (SSSR count). The van der Waals surface area contributed by atoms with Crippen LogP contribution in [0.1, 0.15) is 18.1 Å². The topological polar surface area (TPSA) is 54.9 Å². The molecule has 112 valence electrons. The summed E-state index contributed by atoms with van der Waals surface area (Å²) in [6.07, 6.45) is 0. The van der Waals surface area contributed by atoms with Crippen LogP contribution in [0.5, 0.6) is 0 Å². The predicted octanol–water partition coefficient (Wildman–Crippen LogP) is 1.53. The SMILES string of the molecule is CN=C(NCc1ccccc1COC)NC(C)COC. The van der Waals surface area contributed by atoms with Gasteiger partial charge < -0.3 is 20.1 Å². The highest BCUT2D eigenvalue weighted by molar-refractivity contribution is 5.79. The molecule has 2 N–H and O–H groups in total. The van der Waals surface area contributed by atoms with Crippen molar-refractivity contribution >= 4 is 5.96 Å². The van der Waals surface area contributed by atoms with Gasteiger partial charge in [-0.2, -0.15) is 0 Å². The minimum absolute atomic E-state index is 0.209. The van der Waals surface area contributed by atoms with E-state index in [0.717, 1.165) is 5.96 Å². The summed E-state index contributed by atoms with van der Waals surface area (Å²) in [5.74, 6) is 0.766. The number of benzene rings is 1. The van der Waals surface area contributed by atoms with Crippen LogP contribution in [0.4, 0.5) is 0 Å². The highest BCUT2D eigenvalue weighted by Crippen LogP contribution is 2.09. The lowest BCUT2D eigenvalue weighted by molar-refractivity contribution is 0.179. The van der Waals surface area contributed by atoms with Crippen molar-refractivity contribution in [3.05, 3.63) is 35.4 Å². The molecule has 0 bridgehead atoms. The van der Waals surface area contributed by atoms with Gasteiger partial charge in [0.2, 0.25) is 0 Å². The Morgan fingerprint density at radius 1 is 1.20 bits per heavy atom. The molecule has 1 unspecified atom stereocenters. The number of hydrogen-bond acceptors (Lipinski definition) is 3. The Kier molecular flexibility index (Phi) is 7.69. The van der Waals surface area contributed by atoms with E-state index in [2.05, 4.69) is 34.7 Å². The van der Waals surface area contributed by atoms with Crippen molar-refractivity contribution in [3.63, 3.8) is 0 Å². The molecule has 1 atom stereocenters. The number of nitrogens with zero attached hydrogens (tertiary/aromatic N) is 1. The number of aliphatic imine (C=N–C) groups is 1. The van der Waals surface area contributed by atoms with Crippen molar-refractivity contribution in [1.82, 2.24) is 10.6 Å². The molecule has 0 aromatic heterocycles. The molecule has 0 saturated carbocycles. The Morgan fingerprint density at radius 3 is 2.50 bits per heavy atom. The van der Waals surface area contributed by atoms with Crippen molar-refractivity contribution in [3.8, 4) is 0 Å². The first-order valence-corrected chi connectivity index (χ1v) is 6.73. The summed E-state index contributed by atoms with van der Waals surface area (Å²) in [5.41, 5.74) is 2.39. The van der Waals surface area contributed by atoms with E-state index in [9.17, 15) is 0 Å². The number of hydrogen-bond donors (Lipinski definition) is 2. The predicted molar refractivity (Wildman–Crippen MR) is 81.8 cm³/mol. The highest BCUT2D eigenvalue weighted by Gasteiger charge is 2.06. The number of methoxy groups -OCH3 is 2. The third-order valence-corrected chi connectivity index (χ3v) is 2.89. The Bertz CT molecular complexity index is 421. The normalized spacial score (nSPS) is 13.1. The lowest BCUT2D eigenvalue weighted by atomic mass is 10.1. The van der Waals surface area contributed by atoms with Gasteiger partial charge in [0.25, 0.3) is 0 Å². The number of rotatable bonds is 7. The molecular weight excluding hydrogens is 254 g/mol. The average molecular weight is 279 g/mol. The number of nitrogens with one attached hydrogen (secondary N) is 2. The van der Waals surface area contributed by atoms with E-state index in [1.807, 2.05) is 12.1 Å². The quantitative estimate of drug-likeness (QED) is 0.587. The van der Waals surface area contributed by atoms with E-state index < -0.39 is 0 Å². The van der Waals surface area contributed by atoms with Crippen LogP contribution in [0.25, 0.3) is 0 Å². The molecule has 0 amide bonds. The van der Waals surface area contributed by atoms with Gasteiger partial charge in [-0.15, -0.1) is 0 Å². The number of ether oxygens (including phenoxy) is 2. The van der Waals surface area contributed by atoms with Crippen LogP contribution in [0.3, 0.4) is 0 Å². The summed E-state index contributed by atoms with van der Waals surface area (Å²) in [5, 5.41) is 6.57. The summed E-state index contributed by atoms with van der Waals surface area (Å²) < 4.78 is 10.3. The highest BCUT2D eigenvalue weighted by atomic mass is 16.5. The molecule has 0 aliphatic rings. The van der Waals surface area contributed by atoms with Gasteiger partial charge in [0.1, 0.15) is 0 Å². The first-order chi connectivity index (χ1) is 9.71. The fourth-order valence-electron chi connectivity index (χ4n) is 1.92. The second kappa shape index (κ2) is 9.34. The van der Waals surface area contributed by atoms with E-state index >= 15 is 0 Å². The first kappa shape index (κ1) is 16.5. The van der Waals surface area contributed by atoms with E-state index in [0.29, 0.717) is 19.8 Å². The van der Waals surface area contributed by atoms with Crippen LogP contribution < -0.4 is 10.6 Å². The summed E-state index contributed by atoms with van der Waals surface area (Å²) >= 11 is 0. The fourth-order valence-corrected chi connectivity index (χ4v) is 1.92. The van der Waals surface area contributed by atoms with Crippen LogP contribution in [0, 0.1) is 0 Å². The standard InChI is InChI=1S/C15H25N3O2/c1-12(10-19-3)18-15(16-2)17-9-13-7-5-6-8-14(13)11-20-4/h5-8,12H,9-11H2,1-4H3,(H2,16,17,18). The van der Waals surface area contributed by atoms with E-state index in [1.165, 1.54) is 11.1 Å². The molecule has 1 aromatic rings. The van der Waals surface area contributed by atoms with Crippen molar-refractivity contribution in [1.29, 1.82) is 0 Å². The van der Waals surface area contributed by atoms with Crippen LogP contribution in [-0.2, 0) is 22.6 Å². The van der Waals surface area contributed by atoms with Gasteiger partial charge in [-0.05, 0) is 18.1 Å². The molecule has 5 heteroatoms. The lowest BCUT2D eigenvalue weighted by Gasteiger charge is -2.18. The molecule has 0 spiro atoms. The van der Waals surface area contributed by atoms with Gasteiger partial charge in [0, 0.05) is 33.9 Å². The van der Waals surface area contributed by atoms with Gasteiger partial charge in [0.15, 0.2) is 5.96 Å². The first-order valence-electron chi connectivity index (χ1n) is 6.73. The van der Waals surface area contributed by atoms with E-state index in [1.54, 1.807) is 21.3 Å². The third kappa shape index (κ3) is 5.59. The minimum atomic E-state index is 0.209. The van der Waals surface area contributed by atoms with Crippen molar-refractivity contribution in [2.75, 3.05) is 27.9 Å². The van der Waals surface area contributed by atoms with E-state index in [-0.39, 0.29) is 6.04 Å². The molecule has 0 saturated heterocycles. The molecular formula is C15H25N3O2. The third-order valence-electron chi connectivity index (χ3n) is 2.89. The molecule has 0 fully saturated rings. The van der Waals surface area contributed by atoms with Gasteiger partial charge in [0.05, 0.1) is 13.2 Å². The zero-order valence-corrected chi connectivity index (χ0v) is 12.8. The van der Waals surface area contributed by atoms with Crippen LogP contribution in [0.2, 0.25) is 0 Å². The second-order valence-electron chi connectivity index (χ2n) is 4.63. The summed E-state index contributed by atoms with van der Waals surface area (Å²) in [7, 11) is 5.16. The lowest BCUT2D eigenvalue weighted by Crippen LogP contribution is -2.43. The molecule has 0 aliphatic carbocycles. The Hall–Kier alpha value is -1.59. The number of guanidine groups is 1. The molecule has 5 nitrogen and oxygen atoms in total. The van der Waals surface area contributed by atoms with Gasteiger partial charge in [-0.3, -0.25) is 4.99 Å². The summed E-state index contributed by atoms with van der Waals surface area (Å²) in [6, 6.07) is 8.42. The van der Waals surface area contributed by atoms with Crippen LogP contribution in [-0.4, -0.2) is 39.9 Å². The van der Waals surface area contributed by atoms with Crippen molar-refractivity contribution in [2.24, 2.45) is 4.99 Å². The zero-order chi connectivity index (χ0) is 14.8. The minimum Gasteiger partial charge on any atom is -0.383 e. The van der Waals surface area contributed by atoms with Crippen LogP contribution in [0.15, 0.2) is 29.3 Å². The molecule has 1 aromatic carbocycles. The molecule has 0 heterocycles. The average Bonchev–Trinajstić information content (AvgIpc) is 2.45. The fraction of sp³-hybridized carbons (Fsp3) is 0.533. The zero-order valence-electron chi connectivity index (χ0n) is 12.8.